The highest BCUT2D eigenvalue weighted by atomic mass is 16.7. The number of aryl methyl sites for hydroxylation is 1. The van der Waals surface area contributed by atoms with Crippen LogP contribution in [-0.2, 0) is 22.3 Å². The minimum absolute atomic E-state index is 0.393. The molecule has 4 rings (SSSR count). The van der Waals surface area contributed by atoms with Gasteiger partial charge < -0.3 is 18.8 Å². The smallest absolute Gasteiger partial charge is 0.493 e. The standard InChI is InChI=1S/C22H27BO4/c1-15-13-18-17(11-12-24-18)20(25-14-16-9-7-6-8-10-16)19(15)23-26-21(2,3)22(4,5)27-23/h6-10,13H,11-12,14H2,1-5H3. The molecule has 0 unspecified atom stereocenters. The quantitative estimate of drug-likeness (QED) is 0.772. The van der Waals surface area contributed by atoms with Crippen LogP contribution < -0.4 is 14.9 Å². The molecule has 0 aliphatic carbocycles. The molecule has 4 nitrogen and oxygen atoms in total. The van der Waals surface area contributed by atoms with Gasteiger partial charge in [-0.2, -0.15) is 0 Å². The number of hydrogen-bond acceptors (Lipinski definition) is 4. The van der Waals surface area contributed by atoms with Gasteiger partial charge in [-0.05, 0) is 51.8 Å². The van der Waals surface area contributed by atoms with E-state index in [0.717, 1.165) is 40.1 Å². The third-order valence-electron chi connectivity index (χ3n) is 5.91. The molecule has 1 saturated heterocycles. The summed E-state index contributed by atoms with van der Waals surface area (Å²) in [5.41, 5.74) is 3.51. The summed E-state index contributed by atoms with van der Waals surface area (Å²) >= 11 is 0. The Hall–Kier alpha value is -1.98. The number of rotatable bonds is 4. The van der Waals surface area contributed by atoms with Crippen LogP contribution in [0, 0.1) is 6.92 Å². The zero-order chi connectivity index (χ0) is 19.2. The van der Waals surface area contributed by atoms with Crippen molar-refractivity contribution in [1.82, 2.24) is 0 Å². The summed E-state index contributed by atoms with van der Waals surface area (Å²) in [6.07, 6.45) is 0.840. The van der Waals surface area contributed by atoms with Crippen LogP contribution in [0.3, 0.4) is 0 Å². The predicted molar refractivity (Wildman–Crippen MR) is 107 cm³/mol. The third-order valence-corrected chi connectivity index (χ3v) is 5.91. The average Bonchev–Trinajstić information content (AvgIpc) is 3.14. The van der Waals surface area contributed by atoms with Gasteiger partial charge in [-0.25, -0.2) is 0 Å². The van der Waals surface area contributed by atoms with Crippen molar-refractivity contribution in [2.24, 2.45) is 0 Å². The maximum Gasteiger partial charge on any atom is 0.498 e. The minimum Gasteiger partial charge on any atom is -0.493 e. The molecule has 0 radical (unpaired) electrons. The number of hydrogen-bond donors (Lipinski definition) is 0. The van der Waals surface area contributed by atoms with Gasteiger partial charge in [0.2, 0.25) is 0 Å². The largest absolute Gasteiger partial charge is 0.498 e. The number of ether oxygens (including phenoxy) is 2. The Bertz CT molecular complexity index is 829. The van der Waals surface area contributed by atoms with Crippen LogP contribution >= 0.6 is 0 Å². The maximum atomic E-state index is 6.36. The van der Waals surface area contributed by atoms with Crippen molar-refractivity contribution in [2.75, 3.05) is 6.61 Å². The van der Waals surface area contributed by atoms with E-state index in [4.69, 9.17) is 18.8 Å². The van der Waals surface area contributed by atoms with Gasteiger partial charge in [0.25, 0.3) is 0 Å². The highest BCUT2D eigenvalue weighted by Gasteiger charge is 2.53. The zero-order valence-corrected chi connectivity index (χ0v) is 16.8. The van der Waals surface area contributed by atoms with Crippen LogP contribution in [0.2, 0.25) is 0 Å². The van der Waals surface area contributed by atoms with Crippen molar-refractivity contribution in [2.45, 2.75) is 58.8 Å². The first-order chi connectivity index (χ1) is 12.8. The molecule has 0 bridgehead atoms. The molecule has 0 saturated carbocycles. The first kappa shape index (κ1) is 18.4. The van der Waals surface area contributed by atoms with Crippen LogP contribution in [-0.4, -0.2) is 24.9 Å². The summed E-state index contributed by atoms with van der Waals surface area (Å²) in [4.78, 5) is 0. The van der Waals surface area contributed by atoms with E-state index in [1.807, 2.05) is 18.2 Å². The molecular weight excluding hydrogens is 339 g/mol. The molecule has 0 aromatic heterocycles. The summed E-state index contributed by atoms with van der Waals surface area (Å²) in [6, 6.07) is 12.3. The van der Waals surface area contributed by atoms with Gasteiger partial charge in [0.15, 0.2) is 0 Å². The maximum absolute atomic E-state index is 6.36. The van der Waals surface area contributed by atoms with Crippen LogP contribution in [0.4, 0.5) is 0 Å². The van der Waals surface area contributed by atoms with Gasteiger partial charge >= 0.3 is 7.12 Å². The summed E-state index contributed by atoms with van der Waals surface area (Å²) in [6.45, 7) is 11.5. The molecule has 0 atom stereocenters. The summed E-state index contributed by atoms with van der Waals surface area (Å²) in [7, 11) is -0.452. The normalized spacial score (nSPS) is 19.7. The fraction of sp³-hybridized carbons (Fsp3) is 0.455. The molecule has 1 fully saturated rings. The monoisotopic (exact) mass is 366 g/mol. The van der Waals surface area contributed by atoms with Gasteiger partial charge in [-0.1, -0.05) is 30.3 Å². The lowest BCUT2D eigenvalue weighted by molar-refractivity contribution is 0.00578. The lowest BCUT2D eigenvalue weighted by atomic mass is 9.74. The van der Waals surface area contributed by atoms with Crippen molar-refractivity contribution in [3.05, 3.63) is 53.1 Å². The molecule has 2 aliphatic heterocycles. The summed E-state index contributed by atoms with van der Waals surface area (Å²) < 4.78 is 24.8. The molecule has 0 N–H and O–H groups in total. The molecule has 2 aromatic rings. The van der Waals surface area contributed by atoms with Crippen LogP contribution in [0.15, 0.2) is 36.4 Å². The second-order valence-electron chi connectivity index (χ2n) is 8.37. The Balaban J connectivity index is 1.73. The molecule has 2 aromatic carbocycles. The summed E-state index contributed by atoms with van der Waals surface area (Å²) in [5.74, 6) is 1.76. The lowest BCUT2D eigenvalue weighted by Crippen LogP contribution is -2.41. The Morgan fingerprint density at radius 1 is 1.04 bits per heavy atom. The fourth-order valence-electron chi connectivity index (χ4n) is 3.59. The first-order valence-electron chi connectivity index (χ1n) is 9.60. The van der Waals surface area contributed by atoms with Crippen molar-refractivity contribution in [1.29, 1.82) is 0 Å². The minimum atomic E-state index is -0.452. The van der Waals surface area contributed by atoms with Crippen LogP contribution in [0.5, 0.6) is 11.5 Å². The van der Waals surface area contributed by atoms with Gasteiger partial charge in [0.1, 0.15) is 18.1 Å². The molecule has 2 heterocycles. The Kier molecular flexibility index (Phi) is 4.48. The van der Waals surface area contributed by atoms with Crippen molar-refractivity contribution in [3.8, 4) is 11.5 Å². The number of fused-ring (bicyclic) bond motifs is 1. The van der Waals surface area contributed by atoms with E-state index >= 15 is 0 Å². The number of benzene rings is 2. The first-order valence-corrected chi connectivity index (χ1v) is 9.60. The van der Waals surface area contributed by atoms with Gasteiger partial charge in [-0.15, -0.1) is 0 Å². The summed E-state index contributed by atoms with van der Waals surface area (Å²) in [5, 5.41) is 0. The molecule has 142 valence electrons. The second kappa shape index (κ2) is 6.57. The second-order valence-corrected chi connectivity index (χ2v) is 8.37. The van der Waals surface area contributed by atoms with Crippen molar-refractivity contribution >= 4 is 12.6 Å². The van der Waals surface area contributed by atoms with Crippen molar-refractivity contribution < 1.29 is 18.8 Å². The van der Waals surface area contributed by atoms with Crippen LogP contribution in [0.1, 0.15) is 44.4 Å². The third kappa shape index (κ3) is 3.23. The molecule has 0 spiro atoms. The highest BCUT2D eigenvalue weighted by Crippen LogP contribution is 2.40. The molecule has 0 amide bonds. The lowest BCUT2D eigenvalue weighted by Gasteiger charge is -2.32. The molecular formula is C22H27BO4. The highest BCUT2D eigenvalue weighted by molar-refractivity contribution is 6.63. The Labute approximate surface area is 161 Å². The average molecular weight is 366 g/mol. The van der Waals surface area contributed by atoms with Gasteiger partial charge in [-0.3, -0.25) is 0 Å². The van der Waals surface area contributed by atoms with E-state index in [2.05, 4.69) is 52.8 Å². The van der Waals surface area contributed by atoms with Gasteiger partial charge in [0, 0.05) is 17.4 Å². The van der Waals surface area contributed by atoms with Gasteiger partial charge in [0.05, 0.1) is 17.8 Å². The van der Waals surface area contributed by atoms with E-state index in [1.54, 1.807) is 0 Å². The Morgan fingerprint density at radius 3 is 2.37 bits per heavy atom. The Morgan fingerprint density at radius 2 is 1.70 bits per heavy atom. The molecule has 2 aliphatic rings. The zero-order valence-electron chi connectivity index (χ0n) is 16.8. The van der Waals surface area contributed by atoms with E-state index in [-0.39, 0.29) is 0 Å². The topological polar surface area (TPSA) is 36.9 Å². The van der Waals surface area contributed by atoms with E-state index in [1.165, 1.54) is 0 Å². The molecule has 27 heavy (non-hydrogen) atoms. The van der Waals surface area contributed by atoms with Crippen LogP contribution in [0.25, 0.3) is 0 Å². The SMILES string of the molecule is Cc1cc2c(c(OCc3ccccc3)c1B1OC(C)(C)C(C)(C)O1)CCO2. The van der Waals surface area contributed by atoms with E-state index in [0.29, 0.717) is 13.2 Å². The predicted octanol–water partition coefficient (Wildman–Crippen LogP) is 3.81. The fourth-order valence-corrected chi connectivity index (χ4v) is 3.59. The van der Waals surface area contributed by atoms with E-state index < -0.39 is 18.3 Å². The van der Waals surface area contributed by atoms with E-state index in [9.17, 15) is 0 Å². The molecule has 5 heteroatoms. The van der Waals surface area contributed by atoms with Crippen molar-refractivity contribution in [3.63, 3.8) is 0 Å².